The normalized spacial score (nSPS) is 10.7. The molecule has 1 aromatic rings. The highest BCUT2D eigenvalue weighted by Crippen LogP contribution is 2.12. The Hall–Kier alpha value is -1.57. The van der Waals surface area contributed by atoms with Crippen LogP contribution >= 0.6 is 0 Å². The molecule has 2 heteroatoms. The van der Waals surface area contributed by atoms with Gasteiger partial charge < -0.3 is 5.11 Å². The van der Waals surface area contributed by atoms with Gasteiger partial charge in [0, 0.05) is 0 Å². The van der Waals surface area contributed by atoms with Gasteiger partial charge in [-0.25, -0.2) is 4.79 Å². The number of carboxylic acid groups (broad SMARTS) is 1. The van der Waals surface area contributed by atoms with E-state index in [1.165, 1.54) is 0 Å². The zero-order valence-corrected chi connectivity index (χ0v) is 8.45. The molecular formula is C12H14O2. The van der Waals surface area contributed by atoms with Crippen molar-refractivity contribution in [2.45, 2.75) is 20.3 Å². The van der Waals surface area contributed by atoms with Gasteiger partial charge in [0.25, 0.3) is 0 Å². The van der Waals surface area contributed by atoms with Gasteiger partial charge >= 0.3 is 5.97 Å². The fourth-order valence-corrected chi connectivity index (χ4v) is 1.33. The maximum absolute atomic E-state index is 10.8. The summed E-state index contributed by atoms with van der Waals surface area (Å²) in [4.78, 5) is 10.8. The molecule has 0 saturated carbocycles. The van der Waals surface area contributed by atoms with Crippen LogP contribution in [-0.2, 0) is 6.42 Å². The van der Waals surface area contributed by atoms with E-state index in [2.05, 4.69) is 0 Å². The van der Waals surface area contributed by atoms with Gasteiger partial charge in [-0.15, -0.1) is 0 Å². The van der Waals surface area contributed by atoms with E-state index >= 15 is 0 Å². The van der Waals surface area contributed by atoms with Crippen LogP contribution in [0.25, 0.3) is 6.08 Å². The van der Waals surface area contributed by atoms with E-state index in [1.54, 1.807) is 12.1 Å². The zero-order valence-electron chi connectivity index (χ0n) is 8.45. The first-order valence-electron chi connectivity index (χ1n) is 4.67. The molecule has 0 saturated heterocycles. The molecule has 0 amide bonds. The van der Waals surface area contributed by atoms with Crippen molar-refractivity contribution >= 4 is 12.0 Å². The van der Waals surface area contributed by atoms with Crippen molar-refractivity contribution in [3.8, 4) is 0 Å². The topological polar surface area (TPSA) is 37.3 Å². The molecule has 0 fully saturated rings. The quantitative estimate of drug-likeness (QED) is 0.795. The van der Waals surface area contributed by atoms with Crippen molar-refractivity contribution in [2.75, 3.05) is 0 Å². The lowest BCUT2D eigenvalue weighted by atomic mass is 10.0. The first kappa shape index (κ1) is 10.5. The molecule has 0 aliphatic heterocycles. The summed E-state index contributed by atoms with van der Waals surface area (Å²) in [5.74, 6) is -0.869. The predicted molar refractivity (Wildman–Crippen MR) is 57.5 cm³/mol. The molecule has 1 N–H and O–H groups in total. The van der Waals surface area contributed by atoms with Crippen molar-refractivity contribution in [2.24, 2.45) is 0 Å². The maximum atomic E-state index is 10.8. The SMILES string of the molecule is C/C=C/c1cc(CC)cc(C(=O)O)c1. The van der Waals surface area contributed by atoms with Gasteiger partial charge in [0.2, 0.25) is 0 Å². The van der Waals surface area contributed by atoms with Crippen LogP contribution in [0.15, 0.2) is 24.3 Å². The molecule has 74 valence electrons. The number of carboxylic acids is 1. The molecule has 0 spiro atoms. The monoisotopic (exact) mass is 190 g/mol. The number of hydrogen-bond acceptors (Lipinski definition) is 1. The van der Waals surface area contributed by atoms with Gasteiger partial charge in [-0.05, 0) is 36.6 Å². The van der Waals surface area contributed by atoms with Gasteiger partial charge in [-0.3, -0.25) is 0 Å². The smallest absolute Gasteiger partial charge is 0.335 e. The second-order valence-corrected chi connectivity index (χ2v) is 3.12. The number of carbonyl (C=O) groups is 1. The van der Waals surface area contributed by atoms with E-state index in [1.807, 2.05) is 32.1 Å². The minimum Gasteiger partial charge on any atom is -0.478 e. The minimum atomic E-state index is -0.869. The third-order valence-corrected chi connectivity index (χ3v) is 2.03. The number of aryl methyl sites for hydroxylation is 1. The molecule has 2 nitrogen and oxygen atoms in total. The van der Waals surface area contributed by atoms with E-state index < -0.39 is 5.97 Å². The van der Waals surface area contributed by atoms with E-state index in [9.17, 15) is 4.79 Å². The van der Waals surface area contributed by atoms with Crippen molar-refractivity contribution < 1.29 is 9.90 Å². The van der Waals surface area contributed by atoms with Crippen molar-refractivity contribution in [3.05, 3.63) is 41.0 Å². The van der Waals surface area contributed by atoms with Crippen molar-refractivity contribution in [3.63, 3.8) is 0 Å². The van der Waals surface area contributed by atoms with Crippen LogP contribution < -0.4 is 0 Å². The number of benzene rings is 1. The number of allylic oxidation sites excluding steroid dienone is 1. The Morgan fingerprint density at radius 1 is 1.43 bits per heavy atom. The Balaban J connectivity index is 3.19. The van der Waals surface area contributed by atoms with Crippen molar-refractivity contribution in [1.29, 1.82) is 0 Å². The molecule has 0 unspecified atom stereocenters. The highest BCUT2D eigenvalue weighted by atomic mass is 16.4. The Labute approximate surface area is 83.9 Å². The lowest BCUT2D eigenvalue weighted by Crippen LogP contribution is -1.98. The lowest BCUT2D eigenvalue weighted by molar-refractivity contribution is 0.0696. The second-order valence-electron chi connectivity index (χ2n) is 3.12. The Morgan fingerprint density at radius 3 is 2.64 bits per heavy atom. The summed E-state index contributed by atoms with van der Waals surface area (Å²) in [5, 5.41) is 8.87. The molecular weight excluding hydrogens is 176 g/mol. The Kier molecular flexibility index (Phi) is 3.46. The Morgan fingerprint density at radius 2 is 2.14 bits per heavy atom. The van der Waals surface area contributed by atoms with Crippen LogP contribution in [0.4, 0.5) is 0 Å². The van der Waals surface area contributed by atoms with E-state index in [-0.39, 0.29) is 0 Å². The number of aromatic carboxylic acids is 1. The van der Waals surface area contributed by atoms with Crippen LogP contribution in [-0.4, -0.2) is 11.1 Å². The number of rotatable bonds is 3. The molecule has 14 heavy (non-hydrogen) atoms. The highest BCUT2D eigenvalue weighted by molar-refractivity contribution is 5.88. The van der Waals surface area contributed by atoms with Gasteiger partial charge in [0.1, 0.15) is 0 Å². The van der Waals surface area contributed by atoms with Crippen molar-refractivity contribution in [1.82, 2.24) is 0 Å². The molecule has 0 aliphatic rings. The molecule has 0 aromatic heterocycles. The molecule has 0 aliphatic carbocycles. The molecule has 1 aromatic carbocycles. The van der Waals surface area contributed by atoms with E-state index in [4.69, 9.17) is 5.11 Å². The summed E-state index contributed by atoms with van der Waals surface area (Å²) in [6.45, 7) is 3.93. The summed E-state index contributed by atoms with van der Waals surface area (Å²) in [6.07, 6.45) is 4.66. The maximum Gasteiger partial charge on any atom is 0.335 e. The molecule has 0 radical (unpaired) electrons. The number of hydrogen-bond donors (Lipinski definition) is 1. The third-order valence-electron chi connectivity index (χ3n) is 2.03. The second kappa shape index (κ2) is 4.61. The third kappa shape index (κ3) is 2.46. The Bertz CT molecular complexity index is 365. The lowest BCUT2D eigenvalue weighted by Gasteiger charge is -2.02. The van der Waals surface area contributed by atoms with Crippen LogP contribution in [0.2, 0.25) is 0 Å². The van der Waals surface area contributed by atoms with Crippen LogP contribution in [0, 0.1) is 0 Å². The first-order valence-corrected chi connectivity index (χ1v) is 4.67. The average molecular weight is 190 g/mol. The standard InChI is InChI=1S/C12H14O2/c1-3-5-10-6-9(4-2)7-11(8-10)12(13)14/h3,5-8H,4H2,1-2H3,(H,13,14)/b5-3+. The first-order chi connectivity index (χ1) is 6.67. The summed E-state index contributed by atoms with van der Waals surface area (Å²) < 4.78 is 0. The van der Waals surface area contributed by atoms with Crippen LogP contribution in [0.1, 0.15) is 35.3 Å². The van der Waals surface area contributed by atoms with E-state index in [0.29, 0.717) is 5.56 Å². The summed E-state index contributed by atoms with van der Waals surface area (Å²) >= 11 is 0. The minimum absolute atomic E-state index is 0.359. The molecule has 0 bridgehead atoms. The molecule has 0 atom stereocenters. The van der Waals surface area contributed by atoms with Gasteiger partial charge in [0.05, 0.1) is 5.56 Å². The van der Waals surface area contributed by atoms with Gasteiger partial charge in [0.15, 0.2) is 0 Å². The predicted octanol–water partition coefficient (Wildman–Crippen LogP) is 2.98. The fourth-order valence-electron chi connectivity index (χ4n) is 1.33. The van der Waals surface area contributed by atoms with Gasteiger partial charge in [-0.1, -0.05) is 25.1 Å². The zero-order chi connectivity index (χ0) is 10.6. The van der Waals surface area contributed by atoms with Gasteiger partial charge in [-0.2, -0.15) is 0 Å². The summed E-state index contributed by atoms with van der Waals surface area (Å²) in [6, 6.07) is 5.41. The van der Waals surface area contributed by atoms with Crippen LogP contribution in [0.5, 0.6) is 0 Å². The molecule has 0 heterocycles. The average Bonchev–Trinajstić information content (AvgIpc) is 2.17. The highest BCUT2D eigenvalue weighted by Gasteiger charge is 2.04. The fraction of sp³-hybridized carbons (Fsp3) is 0.250. The molecule has 1 rings (SSSR count). The summed E-state index contributed by atoms with van der Waals surface area (Å²) in [7, 11) is 0. The van der Waals surface area contributed by atoms with Crippen LogP contribution in [0.3, 0.4) is 0 Å². The summed E-state index contributed by atoms with van der Waals surface area (Å²) in [5.41, 5.74) is 2.36. The van der Waals surface area contributed by atoms with E-state index in [0.717, 1.165) is 17.5 Å². The largest absolute Gasteiger partial charge is 0.478 e.